The Morgan fingerprint density at radius 1 is 1.16 bits per heavy atom. The number of benzene rings is 1. The van der Waals surface area contributed by atoms with Gasteiger partial charge in [-0.05, 0) is 50.6 Å². The number of Topliss-reactive ketones (excluding diaryl/α,β-unsaturated/α-hetero) is 1. The number of sulfonamides is 1. The summed E-state index contributed by atoms with van der Waals surface area (Å²) < 4.78 is 34.1. The van der Waals surface area contributed by atoms with E-state index in [9.17, 15) is 22.8 Å². The number of rotatable bonds is 8. The first-order valence-corrected chi connectivity index (χ1v) is 11.5. The van der Waals surface area contributed by atoms with Crippen molar-refractivity contribution in [2.45, 2.75) is 45.6 Å². The van der Waals surface area contributed by atoms with E-state index in [4.69, 9.17) is 4.74 Å². The molecule has 0 aliphatic heterocycles. The Balaban J connectivity index is 2.44. The highest BCUT2D eigenvalue weighted by Gasteiger charge is 2.35. The predicted octanol–water partition coefficient (Wildman–Crippen LogP) is 2.67. The number of likely N-dealkylation sites (N-methyl/N-ethyl adjacent to an activating group) is 1. The molecule has 1 aromatic carbocycles. The second kappa shape index (κ2) is 9.66. The first-order chi connectivity index (χ1) is 14.9. The van der Waals surface area contributed by atoms with Crippen molar-refractivity contribution in [1.82, 2.24) is 8.87 Å². The zero-order valence-corrected chi connectivity index (χ0v) is 20.2. The van der Waals surface area contributed by atoms with E-state index in [-0.39, 0.29) is 23.0 Å². The lowest BCUT2D eigenvalue weighted by molar-refractivity contribution is -0.114. The highest BCUT2D eigenvalue weighted by atomic mass is 32.2. The van der Waals surface area contributed by atoms with Crippen molar-refractivity contribution in [1.29, 1.82) is 0 Å². The maximum atomic E-state index is 13.4. The van der Waals surface area contributed by atoms with Crippen LogP contribution in [0.4, 0.5) is 5.69 Å². The molecule has 0 saturated carbocycles. The molecule has 0 spiro atoms. The van der Waals surface area contributed by atoms with Gasteiger partial charge in [0.25, 0.3) is 0 Å². The number of nitrogens with zero attached hydrogens (tertiary/aromatic N) is 2. The smallest absolute Gasteiger partial charge is 0.354 e. The largest absolute Gasteiger partial charge is 0.464 e. The average molecular weight is 464 g/mol. The Morgan fingerprint density at radius 3 is 2.19 bits per heavy atom. The molecule has 0 aliphatic carbocycles. The number of amides is 1. The third-order valence-electron chi connectivity index (χ3n) is 5.46. The van der Waals surface area contributed by atoms with Crippen LogP contribution >= 0.6 is 0 Å². The molecule has 0 aliphatic rings. The molecule has 9 nitrogen and oxygen atoms in total. The minimum absolute atomic E-state index is 0.00450. The molecule has 0 fully saturated rings. The molecule has 0 radical (unpaired) electrons. The number of esters is 1. The normalized spacial score (nSPS) is 12.5. The van der Waals surface area contributed by atoms with E-state index in [0.29, 0.717) is 22.5 Å². The Hall–Kier alpha value is -2.98. The molecule has 0 saturated heterocycles. The number of methoxy groups -OCH3 is 1. The van der Waals surface area contributed by atoms with E-state index < -0.39 is 27.8 Å². The topological polar surface area (TPSA) is 115 Å². The van der Waals surface area contributed by atoms with Gasteiger partial charge in [0.15, 0.2) is 5.78 Å². The number of anilines is 1. The molecule has 1 unspecified atom stereocenters. The number of nitrogens with one attached hydrogen (secondary N) is 1. The van der Waals surface area contributed by atoms with E-state index in [1.165, 1.54) is 45.2 Å². The summed E-state index contributed by atoms with van der Waals surface area (Å²) in [6.07, 6.45) is 0. The average Bonchev–Trinajstić information content (AvgIpc) is 2.95. The van der Waals surface area contributed by atoms with Crippen LogP contribution in [0.15, 0.2) is 29.2 Å². The van der Waals surface area contributed by atoms with Crippen LogP contribution in [0.2, 0.25) is 0 Å². The SMILES string of the molecule is CCN(C(C)C(=O)c1c(C)c(C(=O)OC)n(C)c1C)S(=O)(=O)c1ccc(NC(C)=O)cc1. The quantitative estimate of drug-likeness (QED) is 0.475. The highest BCUT2D eigenvalue weighted by Crippen LogP contribution is 2.27. The van der Waals surface area contributed by atoms with Gasteiger partial charge in [-0.1, -0.05) is 6.92 Å². The van der Waals surface area contributed by atoms with Crippen molar-refractivity contribution >= 4 is 33.4 Å². The van der Waals surface area contributed by atoms with Gasteiger partial charge < -0.3 is 14.6 Å². The van der Waals surface area contributed by atoms with Crippen molar-refractivity contribution < 1.29 is 27.5 Å². The fraction of sp³-hybridized carbons (Fsp3) is 0.409. The molecule has 0 bridgehead atoms. The second-order valence-electron chi connectivity index (χ2n) is 7.44. The summed E-state index contributed by atoms with van der Waals surface area (Å²) in [5, 5.41) is 2.58. The highest BCUT2D eigenvalue weighted by molar-refractivity contribution is 7.89. The molecular weight excluding hydrogens is 434 g/mol. The standard InChI is InChI=1S/C22H29N3O6S/c1-8-25(32(29,30)18-11-9-17(10-12-18)23-16(5)26)15(4)21(27)19-13(2)20(22(28)31-7)24(6)14(19)3/h9-12,15H,8H2,1-7H3,(H,23,26). The summed E-state index contributed by atoms with van der Waals surface area (Å²) in [5.74, 6) is -1.25. The number of carbonyl (C=O) groups is 3. The third kappa shape index (κ3) is 4.61. The Bertz CT molecular complexity index is 1150. The van der Waals surface area contributed by atoms with E-state index in [0.717, 1.165) is 4.31 Å². The van der Waals surface area contributed by atoms with Gasteiger partial charge in [0.2, 0.25) is 15.9 Å². The van der Waals surface area contributed by atoms with Crippen LogP contribution in [0.25, 0.3) is 0 Å². The van der Waals surface area contributed by atoms with E-state index in [2.05, 4.69) is 5.32 Å². The number of aromatic nitrogens is 1. The Morgan fingerprint density at radius 2 is 1.72 bits per heavy atom. The molecular formula is C22H29N3O6S. The van der Waals surface area contributed by atoms with Crippen molar-refractivity contribution in [2.24, 2.45) is 7.05 Å². The summed E-state index contributed by atoms with van der Waals surface area (Å²) in [6, 6.07) is 4.74. The molecule has 10 heteroatoms. The van der Waals surface area contributed by atoms with Crippen molar-refractivity contribution in [3.05, 3.63) is 46.8 Å². The summed E-state index contributed by atoms with van der Waals surface area (Å²) in [5.41, 5.74) is 2.01. The van der Waals surface area contributed by atoms with Crippen LogP contribution in [-0.4, -0.2) is 54.6 Å². The molecule has 1 amide bonds. The van der Waals surface area contributed by atoms with Gasteiger partial charge >= 0.3 is 5.97 Å². The third-order valence-corrected chi connectivity index (χ3v) is 7.52. The lowest BCUT2D eigenvalue weighted by Crippen LogP contribution is -2.43. The Labute approximate surface area is 188 Å². The van der Waals surface area contributed by atoms with Crippen molar-refractivity contribution in [3.63, 3.8) is 0 Å². The van der Waals surface area contributed by atoms with Gasteiger partial charge in [-0.2, -0.15) is 4.31 Å². The Kier molecular flexibility index (Phi) is 7.63. The number of hydrogen-bond acceptors (Lipinski definition) is 6. The summed E-state index contributed by atoms with van der Waals surface area (Å²) in [7, 11) is -1.08. The molecule has 2 aromatic rings. The van der Waals surface area contributed by atoms with Crippen molar-refractivity contribution in [3.8, 4) is 0 Å². The molecule has 174 valence electrons. The molecule has 1 heterocycles. The molecule has 1 atom stereocenters. The van der Waals surface area contributed by atoms with Crippen LogP contribution in [0.1, 0.15) is 52.9 Å². The lowest BCUT2D eigenvalue weighted by Gasteiger charge is -2.26. The van der Waals surface area contributed by atoms with Gasteiger partial charge in [0, 0.05) is 37.5 Å². The van der Waals surface area contributed by atoms with E-state index in [1.807, 2.05) is 0 Å². The predicted molar refractivity (Wildman–Crippen MR) is 120 cm³/mol. The van der Waals surface area contributed by atoms with Crippen molar-refractivity contribution in [2.75, 3.05) is 19.0 Å². The van der Waals surface area contributed by atoms with Gasteiger partial charge in [0.05, 0.1) is 18.0 Å². The number of ketones is 1. The zero-order chi connectivity index (χ0) is 24.4. The number of ether oxygens (including phenoxy) is 1. The molecule has 2 rings (SSSR count). The maximum absolute atomic E-state index is 13.4. The second-order valence-corrected chi connectivity index (χ2v) is 9.33. The fourth-order valence-corrected chi connectivity index (χ4v) is 5.37. The van der Waals surface area contributed by atoms with Crippen LogP contribution in [-0.2, 0) is 26.6 Å². The van der Waals surface area contributed by atoms with Gasteiger partial charge in [-0.25, -0.2) is 13.2 Å². The van der Waals surface area contributed by atoms with Crippen LogP contribution in [0.5, 0.6) is 0 Å². The first kappa shape index (κ1) is 25.3. The van der Waals surface area contributed by atoms with Gasteiger partial charge in [-0.15, -0.1) is 0 Å². The minimum Gasteiger partial charge on any atom is -0.464 e. The zero-order valence-electron chi connectivity index (χ0n) is 19.3. The van der Waals surface area contributed by atoms with Gasteiger partial charge in [-0.3, -0.25) is 9.59 Å². The van der Waals surface area contributed by atoms with Crippen LogP contribution in [0.3, 0.4) is 0 Å². The first-order valence-electron chi connectivity index (χ1n) is 10.1. The van der Waals surface area contributed by atoms with Gasteiger partial charge in [0.1, 0.15) is 5.69 Å². The monoisotopic (exact) mass is 463 g/mol. The lowest BCUT2D eigenvalue weighted by atomic mass is 10.0. The summed E-state index contributed by atoms with van der Waals surface area (Å²) in [4.78, 5) is 36.7. The minimum atomic E-state index is -4.00. The van der Waals surface area contributed by atoms with Crippen LogP contribution < -0.4 is 5.32 Å². The molecule has 1 N–H and O–H groups in total. The summed E-state index contributed by atoms with van der Waals surface area (Å²) >= 11 is 0. The summed E-state index contributed by atoms with van der Waals surface area (Å²) in [6.45, 7) is 7.94. The fourth-order valence-electron chi connectivity index (χ4n) is 3.77. The van der Waals surface area contributed by atoms with Crippen LogP contribution in [0, 0.1) is 13.8 Å². The molecule has 32 heavy (non-hydrogen) atoms. The molecule has 1 aromatic heterocycles. The number of carbonyl (C=O) groups excluding carboxylic acids is 3. The van der Waals surface area contributed by atoms with E-state index in [1.54, 1.807) is 32.4 Å². The van der Waals surface area contributed by atoms with E-state index >= 15 is 0 Å². The number of hydrogen-bond donors (Lipinski definition) is 1. The maximum Gasteiger partial charge on any atom is 0.354 e.